The van der Waals surface area contributed by atoms with Gasteiger partial charge in [-0.25, -0.2) is 9.98 Å². The summed E-state index contributed by atoms with van der Waals surface area (Å²) in [4.78, 5) is 21.5. The number of anilines is 1. The molecule has 0 saturated carbocycles. The summed E-state index contributed by atoms with van der Waals surface area (Å²) in [7, 11) is 1.91. The van der Waals surface area contributed by atoms with Crippen LogP contribution in [0.2, 0.25) is 10.0 Å². The van der Waals surface area contributed by atoms with Crippen molar-refractivity contribution >= 4 is 51.8 Å². The van der Waals surface area contributed by atoms with Crippen molar-refractivity contribution in [2.24, 2.45) is 12.0 Å². The van der Waals surface area contributed by atoms with Crippen molar-refractivity contribution in [2.75, 3.05) is 18.4 Å². The highest BCUT2D eigenvalue weighted by Gasteiger charge is 2.11. The van der Waals surface area contributed by atoms with Crippen LogP contribution >= 0.6 is 23.2 Å². The number of para-hydroxylation sites is 1. The molecular formula is C24H26Cl2N6O. The number of nitrogens with zero attached hydrogens (tertiary/aromatic N) is 3. The van der Waals surface area contributed by atoms with Crippen LogP contribution in [0.1, 0.15) is 24.2 Å². The number of aryl methyl sites for hydroxylation is 2. The summed E-state index contributed by atoms with van der Waals surface area (Å²) >= 11 is 12.5. The molecule has 0 fully saturated rings. The lowest BCUT2D eigenvalue weighted by molar-refractivity contribution is -0.116. The minimum Gasteiger partial charge on any atom is -0.356 e. The first-order chi connectivity index (χ1) is 15.9. The van der Waals surface area contributed by atoms with Crippen LogP contribution in [0, 0.1) is 19.3 Å². The Labute approximate surface area is 203 Å². The van der Waals surface area contributed by atoms with Crippen LogP contribution in [0.5, 0.6) is 0 Å². The van der Waals surface area contributed by atoms with E-state index in [0.717, 1.165) is 22.4 Å². The smallest absolute Gasteiger partial charge is 0.226 e. The molecule has 0 saturated heterocycles. The lowest BCUT2D eigenvalue weighted by Crippen LogP contribution is -2.39. The van der Waals surface area contributed by atoms with Crippen LogP contribution in [0.3, 0.4) is 0 Å². The van der Waals surface area contributed by atoms with Crippen molar-refractivity contribution in [2.45, 2.75) is 26.3 Å². The van der Waals surface area contributed by atoms with Gasteiger partial charge >= 0.3 is 0 Å². The minimum atomic E-state index is -0.152. The molecule has 0 spiro atoms. The Morgan fingerprint density at radius 3 is 2.70 bits per heavy atom. The summed E-state index contributed by atoms with van der Waals surface area (Å²) in [6.45, 7) is 3.21. The zero-order valence-corrected chi connectivity index (χ0v) is 20.1. The molecule has 0 atom stereocenters. The number of carbonyl (C=O) groups is 1. The molecule has 33 heavy (non-hydrogen) atoms. The Bertz CT molecular complexity index is 1210. The Morgan fingerprint density at radius 2 is 1.97 bits per heavy atom. The lowest BCUT2D eigenvalue weighted by atomic mass is 10.2. The third-order valence-electron chi connectivity index (χ3n) is 4.92. The largest absolute Gasteiger partial charge is 0.356 e. The van der Waals surface area contributed by atoms with Gasteiger partial charge in [0.05, 0.1) is 26.8 Å². The Morgan fingerprint density at radius 1 is 1.18 bits per heavy atom. The number of nitrogens with one attached hydrogen (secondary N) is 3. The maximum Gasteiger partial charge on any atom is 0.226 e. The van der Waals surface area contributed by atoms with Gasteiger partial charge in [0.25, 0.3) is 0 Å². The third kappa shape index (κ3) is 6.64. The molecule has 0 aliphatic carbocycles. The summed E-state index contributed by atoms with van der Waals surface area (Å²) in [5, 5.41) is 10.3. The second-order valence-corrected chi connectivity index (χ2v) is 8.26. The van der Waals surface area contributed by atoms with Gasteiger partial charge in [0.1, 0.15) is 12.4 Å². The van der Waals surface area contributed by atoms with E-state index in [4.69, 9.17) is 29.6 Å². The molecule has 0 unspecified atom stereocenters. The quantitative estimate of drug-likeness (QED) is 0.193. The molecule has 172 valence electrons. The highest BCUT2D eigenvalue weighted by Crippen LogP contribution is 2.24. The van der Waals surface area contributed by atoms with E-state index in [9.17, 15) is 4.79 Å². The molecule has 3 N–H and O–H groups in total. The number of benzene rings is 2. The van der Waals surface area contributed by atoms with Gasteiger partial charge in [0.15, 0.2) is 5.96 Å². The molecule has 0 radical (unpaired) electrons. The first-order valence-electron chi connectivity index (χ1n) is 10.5. The van der Waals surface area contributed by atoms with Crippen LogP contribution in [-0.4, -0.2) is 34.5 Å². The van der Waals surface area contributed by atoms with Crippen molar-refractivity contribution in [3.63, 3.8) is 0 Å². The van der Waals surface area contributed by atoms with Crippen LogP contribution in [0.15, 0.2) is 41.4 Å². The van der Waals surface area contributed by atoms with Crippen molar-refractivity contribution < 1.29 is 4.79 Å². The fourth-order valence-corrected chi connectivity index (χ4v) is 3.80. The number of hydrogen-bond donors (Lipinski definition) is 3. The zero-order chi connectivity index (χ0) is 23.8. The second kappa shape index (κ2) is 11.6. The molecule has 9 heteroatoms. The van der Waals surface area contributed by atoms with Gasteiger partial charge in [-0.2, -0.15) is 0 Å². The van der Waals surface area contributed by atoms with E-state index in [-0.39, 0.29) is 12.3 Å². The molecule has 1 aromatic heterocycles. The molecule has 3 rings (SSSR count). The number of aromatic nitrogens is 2. The van der Waals surface area contributed by atoms with E-state index in [1.54, 1.807) is 6.07 Å². The standard InChI is InChI=1S/C24H26Cl2N6O/c1-4-5-12-27-24(28-13-11-22(33)31-19-10-9-16(2)14-18(19)26)29-15-21-30-20-8-6-7-17(25)23(20)32(21)3/h1,6-10,14H,5,11-13,15H2,2-3H3,(H,31,33)(H2,27,28,29). The number of terminal acetylenes is 1. The summed E-state index contributed by atoms with van der Waals surface area (Å²) in [5.41, 5.74) is 3.30. The molecule has 2 aromatic carbocycles. The Balaban J connectivity index is 1.61. The average Bonchev–Trinajstić information content (AvgIpc) is 3.10. The number of guanidine groups is 1. The van der Waals surface area contributed by atoms with E-state index in [1.807, 2.05) is 48.9 Å². The number of fused-ring (bicyclic) bond motifs is 1. The minimum absolute atomic E-state index is 0.152. The monoisotopic (exact) mass is 484 g/mol. The molecule has 7 nitrogen and oxygen atoms in total. The maximum absolute atomic E-state index is 12.3. The number of imidazole rings is 1. The van der Waals surface area contributed by atoms with Crippen molar-refractivity contribution in [3.8, 4) is 12.3 Å². The number of halogens is 2. The van der Waals surface area contributed by atoms with E-state index in [2.05, 4.69) is 31.8 Å². The molecule has 1 amide bonds. The second-order valence-electron chi connectivity index (χ2n) is 7.45. The van der Waals surface area contributed by atoms with Gasteiger partial charge in [-0.3, -0.25) is 4.79 Å². The molecule has 0 aliphatic heterocycles. The molecule has 1 heterocycles. The van der Waals surface area contributed by atoms with Crippen molar-refractivity contribution in [1.29, 1.82) is 0 Å². The van der Waals surface area contributed by atoms with Crippen LogP contribution in [0.25, 0.3) is 11.0 Å². The Kier molecular flexibility index (Phi) is 8.58. The van der Waals surface area contributed by atoms with Crippen molar-refractivity contribution in [1.82, 2.24) is 20.2 Å². The average molecular weight is 485 g/mol. The maximum atomic E-state index is 12.3. The normalized spacial score (nSPS) is 11.3. The molecule has 3 aromatic rings. The summed E-state index contributed by atoms with van der Waals surface area (Å²) in [6.07, 6.45) is 6.14. The predicted molar refractivity (Wildman–Crippen MR) is 136 cm³/mol. The fourth-order valence-electron chi connectivity index (χ4n) is 3.22. The molecule has 0 bridgehead atoms. The fraction of sp³-hybridized carbons (Fsp3) is 0.292. The number of aliphatic imine (C=N–C) groups is 1. The number of rotatable bonds is 8. The molecule has 0 aliphatic rings. The van der Waals surface area contributed by atoms with E-state index < -0.39 is 0 Å². The summed E-state index contributed by atoms with van der Waals surface area (Å²) < 4.78 is 1.93. The van der Waals surface area contributed by atoms with Crippen LogP contribution in [0.4, 0.5) is 5.69 Å². The molecular weight excluding hydrogens is 459 g/mol. The lowest BCUT2D eigenvalue weighted by Gasteiger charge is -2.12. The van der Waals surface area contributed by atoms with Gasteiger partial charge in [-0.1, -0.05) is 35.3 Å². The number of hydrogen-bond acceptors (Lipinski definition) is 3. The topological polar surface area (TPSA) is 83.3 Å². The predicted octanol–water partition coefficient (Wildman–Crippen LogP) is 4.28. The van der Waals surface area contributed by atoms with Crippen molar-refractivity contribution in [3.05, 3.63) is 57.8 Å². The first-order valence-corrected chi connectivity index (χ1v) is 11.3. The number of amides is 1. The number of carbonyl (C=O) groups excluding carboxylic acids is 1. The van der Waals surface area contributed by atoms with E-state index in [1.165, 1.54) is 0 Å². The van der Waals surface area contributed by atoms with Crippen LogP contribution < -0.4 is 16.0 Å². The summed E-state index contributed by atoms with van der Waals surface area (Å²) in [6, 6.07) is 11.1. The van der Waals surface area contributed by atoms with Gasteiger partial charge in [-0.05, 0) is 36.8 Å². The Hall–Kier alpha value is -3.21. The SMILES string of the molecule is C#CCCNC(=NCc1nc2cccc(Cl)c2n1C)NCCC(=O)Nc1ccc(C)cc1Cl. The first kappa shape index (κ1) is 24.4. The van der Waals surface area contributed by atoms with Gasteiger partial charge in [0.2, 0.25) is 5.91 Å². The van der Waals surface area contributed by atoms with Gasteiger partial charge < -0.3 is 20.5 Å². The van der Waals surface area contributed by atoms with Crippen LogP contribution in [-0.2, 0) is 18.4 Å². The van der Waals surface area contributed by atoms with Gasteiger partial charge in [0, 0.05) is 33.0 Å². The van der Waals surface area contributed by atoms with E-state index >= 15 is 0 Å². The zero-order valence-electron chi connectivity index (χ0n) is 18.6. The van der Waals surface area contributed by atoms with Gasteiger partial charge in [-0.15, -0.1) is 12.3 Å². The highest BCUT2D eigenvalue weighted by atomic mass is 35.5. The summed E-state index contributed by atoms with van der Waals surface area (Å²) in [5.74, 6) is 3.75. The highest BCUT2D eigenvalue weighted by molar-refractivity contribution is 6.35. The van der Waals surface area contributed by atoms with E-state index in [0.29, 0.717) is 47.7 Å². The third-order valence-corrected chi connectivity index (χ3v) is 5.54.